The fourth-order valence-electron chi connectivity index (χ4n) is 5.46. The number of aromatic carboxylic acids is 1. The Morgan fingerprint density at radius 1 is 1.08 bits per heavy atom. The van der Waals surface area contributed by atoms with Crippen LogP contribution in [0.5, 0.6) is 5.88 Å². The fraction of sp³-hybridized carbons (Fsp3) is 0.621. The molecule has 0 aromatic carbocycles. The number of aryl methyl sites for hydroxylation is 1. The average molecular weight is 513 g/mol. The number of carbonyl (C=O) groups excluding carboxylic acids is 1. The summed E-state index contributed by atoms with van der Waals surface area (Å²) in [5.74, 6) is 0.432. The number of nitrogens with zero attached hydrogens (tertiary/aromatic N) is 2. The number of pyridine rings is 1. The molecular weight excluding hydrogens is 472 g/mol. The summed E-state index contributed by atoms with van der Waals surface area (Å²) in [4.78, 5) is 33.9. The Morgan fingerprint density at radius 3 is 2.33 bits per heavy atom. The number of carbonyl (C=O) groups is 2. The highest BCUT2D eigenvalue weighted by Gasteiger charge is 2.38. The van der Waals surface area contributed by atoms with E-state index in [-0.39, 0.29) is 34.3 Å². The molecule has 1 amide bonds. The van der Waals surface area contributed by atoms with Gasteiger partial charge in [0.2, 0.25) is 11.8 Å². The topological polar surface area (TPSA) is 79.7 Å². The van der Waals surface area contributed by atoms with E-state index in [1.54, 1.807) is 6.20 Å². The third-order valence-electron chi connectivity index (χ3n) is 7.76. The summed E-state index contributed by atoms with van der Waals surface area (Å²) in [7, 11) is 0. The van der Waals surface area contributed by atoms with E-state index in [1.807, 2.05) is 30.0 Å². The van der Waals surface area contributed by atoms with Gasteiger partial charge in [-0.05, 0) is 81.8 Å². The van der Waals surface area contributed by atoms with Crippen LogP contribution in [0.4, 0.5) is 5.69 Å². The number of hydrogen-bond donors (Lipinski definition) is 1. The number of thiophene rings is 1. The molecule has 2 aromatic heterocycles. The summed E-state index contributed by atoms with van der Waals surface area (Å²) in [5.41, 5.74) is 1.42. The molecule has 2 aliphatic rings. The molecule has 2 saturated carbocycles. The number of amides is 1. The second kappa shape index (κ2) is 10.9. The Bertz CT molecular complexity index is 1070. The second-order valence-electron chi connectivity index (χ2n) is 11.7. The van der Waals surface area contributed by atoms with Gasteiger partial charge in [-0.25, -0.2) is 9.78 Å². The molecule has 0 spiro atoms. The molecule has 0 atom stereocenters. The molecule has 1 N–H and O–H groups in total. The van der Waals surface area contributed by atoms with Crippen LogP contribution in [0, 0.1) is 18.8 Å². The number of hydrogen-bond acceptors (Lipinski definition) is 5. The van der Waals surface area contributed by atoms with Crippen molar-refractivity contribution >= 4 is 28.9 Å². The Kier molecular flexibility index (Phi) is 8.08. The second-order valence-corrected chi connectivity index (χ2v) is 12.8. The maximum atomic E-state index is 14.1. The van der Waals surface area contributed by atoms with Crippen LogP contribution in [0.3, 0.4) is 0 Å². The third-order valence-corrected chi connectivity index (χ3v) is 9.29. The van der Waals surface area contributed by atoms with Crippen LogP contribution in [0.2, 0.25) is 0 Å². The quantitative estimate of drug-likeness (QED) is 0.451. The summed E-state index contributed by atoms with van der Waals surface area (Å²) in [5, 5.41) is 10.1. The number of rotatable bonds is 6. The van der Waals surface area contributed by atoms with Crippen molar-refractivity contribution in [3.63, 3.8) is 0 Å². The van der Waals surface area contributed by atoms with Gasteiger partial charge in [0.1, 0.15) is 11.0 Å². The zero-order valence-corrected chi connectivity index (χ0v) is 23.1. The zero-order chi connectivity index (χ0) is 26.0. The van der Waals surface area contributed by atoms with Gasteiger partial charge in [-0.1, -0.05) is 33.8 Å². The molecule has 2 aliphatic carbocycles. The van der Waals surface area contributed by atoms with Gasteiger partial charge in [0.25, 0.3) is 0 Å². The molecule has 0 bridgehead atoms. The molecule has 2 aromatic rings. The van der Waals surface area contributed by atoms with Gasteiger partial charge in [-0.15, -0.1) is 11.3 Å². The summed E-state index contributed by atoms with van der Waals surface area (Å²) < 4.78 is 6.21. The van der Waals surface area contributed by atoms with Crippen molar-refractivity contribution in [1.29, 1.82) is 0 Å². The number of anilines is 1. The van der Waals surface area contributed by atoms with Crippen LogP contribution >= 0.6 is 11.3 Å². The van der Waals surface area contributed by atoms with Gasteiger partial charge in [0, 0.05) is 28.6 Å². The van der Waals surface area contributed by atoms with E-state index in [2.05, 4.69) is 32.7 Å². The van der Waals surface area contributed by atoms with Crippen LogP contribution in [0.25, 0.3) is 0 Å². The summed E-state index contributed by atoms with van der Waals surface area (Å²) in [6.07, 6.45) is 8.85. The van der Waals surface area contributed by atoms with Crippen LogP contribution in [-0.4, -0.2) is 34.1 Å². The summed E-state index contributed by atoms with van der Waals surface area (Å²) in [6.45, 7) is 10.5. The molecule has 2 heterocycles. The molecule has 36 heavy (non-hydrogen) atoms. The van der Waals surface area contributed by atoms with E-state index >= 15 is 0 Å². The lowest BCUT2D eigenvalue weighted by Gasteiger charge is -2.39. The highest BCUT2D eigenvalue weighted by molar-refractivity contribution is 7.14. The molecule has 4 rings (SSSR count). The van der Waals surface area contributed by atoms with Crippen molar-refractivity contribution < 1.29 is 19.4 Å². The Hall–Kier alpha value is -2.41. The van der Waals surface area contributed by atoms with Crippen molar-refractivity contribution in [1.82, 2.24) is 4.98 Å². The van der Waals surface area contributed by atoms with Gasteiger partial charge < -0.3 is 14.7 Å². The minimum absolute atomic E-state index is 0.0259. The fourth-order valence-corrected chi connectivity index (χ4v) is 6.50. The summed E-state index contributed by atoms with van der Waals surface area (Å²) in [6, 6.07) is 5.84. The predicted octanol–water partition coefficient (Wildman–Crippen LogP) is 7.00. The molecule has 0 aliphatic heterocycles. The van der Waals surface area contributed by atoms with E-state index < -0.39 is 5.97 Å². The van der Waals surface area contributed by atoms with Gasteiger partial charge in [-0.3, -0.25) is 4.79 Å². The van der Waals surface area contributed by atoms with E-state index in [0.29, 0.717) is 17.5 Å². The van der Waals surface area contributed by atoms with Crippen LogP contribution in [-0.2, 0) is 10.2 Å². The van der Waals surface area contributed by atoms with Crippen molar-refractivity contribution in [2.45, 2.75) is 104 Å². The lowest BCUT2D eigenvalue weighted by molar-refractivity contribution is -0.124. The maximum absolute atomic E-state index is 14.1. The average Bonchev–Trinajstić information content (AvgIpc) is 3.28. The summed E-state index contributed by atoms with van der Waals surface area (Å²) >= 11 is 1.31. The first kappa shape index (κ1) is 26.6. The van der Waals surface area contributed by atoms with Crippen molar-refractivity contribution in [3.05, 3.63) is 39.7 Å². The molecule has 7 heteroatoms. The highest BCUT2D eigenvalue weighted by atomic mass is 32.1. The minimum atomic E-state index is -0.955. The van der Waals surface area contributed by atoms with Crippen LogP contribution < -0.4 is 9.64 Å². The SMILES string of the molecule is Cc1cccnc1OC1CCC(N(C(=O)C2CCC(C)CC2)c2cc(C(C)(C)C)sc2C(=O)O)CC1. The molecule has 0 saturated heterocycles. The molecular formula is C29H40N2O4S. The van der Waals surface area contributed by atoms with E-state index in [4.69, 9.17) is 4.74 Å². The van der Waals surface area contributed by atoms with Crippen molar-refractivity contribution in [2.24, 2.45) is 11.8 Å². The van der Waals surface area contributed by atoms with Crippen LogP contribution in [0.1, 0.15) is 99.2 Å². The Morgan fingerprint density at radius 2 is 1.75 bits per heavy atom. The Balaban J connectivity index is 1.60. The molecule has 0 unspecified atom stereocenters. The largest absolute Gasteiger partial charge is 0.477 e. The van der Waals surface area contributed by atoms with E-state index in [9.17, 15) is 14.7 Å². The third kappa shape index (κ3) is 5.93. The first-order valence-electron chi connectivity index (χ1n) is 13.3. The lowest BCUT2D eigenvalue weighted by Crippen LogP contribution is -2.47. The predicted molar refractivity (Wildman–Crippen MR) is 144 cm³/mol. The van der Waals surface area contributed by atoms with Gasteiger partial charge in [0.05, 0.1) is 5.69 Å². The number of aromatic nitrogens is 1. The number of carboxylic acids is 1. The van der Waals surface area contributed by atoms with Gasteiger partial charge >= 0.3 is 5.97 Å². The van der Waals surface area contributed by atoms with Crippen molar-refractivity contribution in [2.75, 3.05) is 4.90 Å². The van der Waals surface area contributed by atoms with Gasteiger partial charge in [0.15, 0.2) is 0 Å². The molecule has 0 radical (unpaired) electrons. The molecule has 2 fully saturated rings. The molecule has 6 nitrogen and oxygen atoms in total. The van der Waals surface area contributed by atoms with E-state index in [1.165, 1.54) is 11.3 Å². The van der Waals surface area contributed by atoms with Crippen molar-refractivity contribution in [3.8, 4) is 5.88 Å². The first-order valence-corrected chi connectivity index (χ1v) is 14.1. The highest BCUT2D eigenvalue weighted by Crippen LogP contribution is 2.42. The van der Waals surface area contributed by atoms with Crippen LogP contribution in [0.15, 0.2) is 24.4 Å². The standard InChI is InChI=1S/C29H40N2O4S/c1-18-8-10-20(11-9-18)27(32)31(23-17-24(29(3,4)5)36-25(23)28(33)34)21-12-14-22(15-13-21)35-26-19(2)7-6-16-30-26/h6-7,16-18,20-22H,8-15H2,1-5H3,(H,33,34). The lowest BCUT2D eigenvalue weighted by atomic mass is 9.81. The zero-order valence-electron chi connectivity index (χ0n) is 22.3. The maximum Gasteiger partial charge on any atom is 0.348 e. The van der Waals surface area contributed by atoms with E-state index in [0.717, 1.165) is 61.8 Å². The number of carboxylic acid groups (broad SMARTS) is 1. The monoisotopic (exact) mass is 512 g/mol. The van der Waals surface area contributed by atoms with Gasteiger partial charge in [-0.2, -0.15) is 0 Å². The molecule has 196 valence electrons. The normalized spacial score (nSPS) is 24.8. The smallest absolute Gasteiger partial charge is 0.348 e. The first-order chi connectivity index (χ1) is 17.0. The minimum Gasteiger partial charge on any atom is -0.477 e. The number of ether oxygens (including phenoxy) is 1. The Labute approximate surface area is 219 Å².